The maximum atomic E-state index is 4.77. The number of rotatable bonds is 5. The van der Waals surface area contributed by atoms with Crippen LogP contribution in [0.2, 0.25) is 0 Å². The summed E-state index contributed by atoms with van der Waals surface area (Å²) in [4.78, 5) is 9.51. The highest BCUT2D eigenvalue weighted by Gasteiger charge is 2.10. The number of halogens is 1. The van der Waals surface area contributed by atoms with E-state index >= 15 is 0 Å². The molecule has 0 aliphatic carbocycles. The van der Waals surface area contributed by atoms with Crippen LogP contribution in [0.3, 0.4) is 0 Å². The SMILES string of the molecule is C=C/C=C(\C=C)c1cc(-c2ccccc2)nc(-c2cccc(Br)c2)n1. The second-order valence-corrected chi connectivity index (χ2v) is 6.32. The number of hydrogen-bond acceptors (Lipinski definition) is 2. The maximum Gasteiger partial charge on any atom is 0.160 e. The Hall–Kier alpha value is -2.78. The van der Waals surface area contributed by atoms with Gasteiger partial charge in [0.25, 0.3) is 0 Å². The van der Waals surface area contributed by atoms with E-state index in [1.54, 1.807) is 12.2 Å². The minimum absolute atomic E-state index is 0.675. The summed E-state index contributed by atoms with van der Waals surface area (Å²) in [5.41, 5.74) is 4.60. The highest BCUT2D eigenvalue weighted by molar-refractivity contribution is 9.10. The zero-order valence-corrected chi connectivity index (χ0v) is 15.3. The van der Waals surface area contributed by atoms with Crippen molar-refractivity contribution in [2.45, 2.75) is 0 Å². The van der Waals surface area contributed by atoms with Crippen molar-refractivity contribution in [1.82, 2.24) is 9.97 Å². The predicted molar refractivity (Wildman–Crippen MR) is 109 cm³/mol. The molecule has 0 saturated carbocycles. The standard InChI is InChI=1S/C22H17BrN2/c1-3-9-16(4-2)20-15-21(17-10-6-5-7-11-17)25-22(24-20)18-12-8-13-19(23)14-18/h3-15H,1-2H2/b16-9+. The smallest absolute Gasteiger partial charge is 0.160 e. The minimum Gasteiger partial charge on any atom is -0.228 e. The maximum absolute atomic E-state index is 4.77. The zero-order valence-electron chi connectivity index (χ0n) is 13.7. The Balaban J connectivity index is 2.23. The molecule has 1 aromatic heterocycles. The Kier molecular flexibility index (Phi) is 5.36. The van der Waals surface area contributed by atoms with Gasteiger partial charge in [0, 0.05) is 15.6 Å². The molecule has 2 aromatic carbocycles. The van der Waals surface area contributed by atoms with E-state index in [4.69, 9.17) is 9.97 Å². The number of benzene rings is 2. The normalized spacial score (nSPS) is 11.2. The molecule has 2 nitrogen and oxygen atoms in total. The molecule has 0 aliphatic heterocycles. The highest BCUT2D eigenvalue weighted by Crippen LogP contribution is 2.27. The van der Waals surface area contributed by atoms with Gasteiger partial charge in [-0.1, -0.05) is 89.8 Å². The molecule has 0 N–H and O–H groups in total. The highest BCUT2D eigenvalue weighted by atomic mass is 79.9. The molecule has 25 heavy (non-hydrogen) atoms. The third-order valence-corrected chi connectivity index (χ3v) is 4.18. The van der Waals surface area contributed by atoms with Crippen LogP contribution < -0.4 is 0 Å². The third-order valence-electron chi connectivity index (χ3n) is 3.69. The quantitative estimate of drug-likeness (QED) is 0.477. The molecule has 3 heteroatoms. The summed E-state index contributed by atoms with van der Waals surface area (Å²) in [5, 5.41) is 0. The van der Waals surface area contributed by atoms with Crippen LogP contribution in [-0.2, 0) is 0 Å². The fourth-order valence-corrected chi connectivity index (χ4v) is 2.89. The molecule has 0 saturated heterocycles. The summed E-state index contributed by atoms with van der Waals surface area (Å²) in [6.07, 6.45) is 5.42. The topological polar surface area (TPSA) is 25.8 Å². The third kappa shape index (κ3) is 4.01. The molecule has 0 radical (unpaired) electrons. The first-order valence-electron chi connectivity index (χ1n) is 7.87. The summed E-state index contributed by atoms with van der Waals surface area (Å²) in [5.74, 6) is 0.675. The Labute approximate surface area is 156 Å². The van der Waals surface area contributed by atoms with Crippen LogP contribution in [0.1, 0.15) is 5.69 Å². The van der Waals surface area contributed by atoms with Crippen molar-refractivity contribution >= 4 is 21.5 Å². The monoisotopic (exact) mass is 388 g/mol. The second kappa shape index (κ2) is 7.86. The van der Waals surface area contributed by atoms with Crippen LogP contribution in [0, 0.1) is 0 Å². The van der Waals surface area contributed by atoms with E-state index in [1.165, 1.54) is 0 Å². The van der Waals surface area contributed by atoms with E-state index in [0.29, 0.717) is 5.82 Å². The van der Waals surface area contributed by atoms with E-state index in [-0.39, 0.29) is 0 Å². The lowest BCUT2D eigenvalue weighted by molar-refractivity contribution is 1.16. The second-order valence-electron chi connectivity index (χ2n) is 5.40. The lowest BCUT2D eigenvalue weighted by atomic mass is 10.1. The summed E-state index contributed by atoms with van der Waals surface area (Å²) >= 11 is 3.51. The lowest BCUT2D eigenvalue weighted by Gasteiger charge is -2.09. The summed E-state index contributed by atoms with van der Waals surface area (Å²) in [6.45, 7) is 7.66. The largest absolute Gasteiger partial charge is 0.228 e. The fraction of sp³-hybridized carbons (Fsp3) is 0. The molecule has 0 bridgehead atoms. The number of allylic oxidation sites excluding steroid dienone is 4. The van der Waals surface area contributed by atoms with E-state index in [1.807, 2.05) is 66.7 Å². The predicted octanol–water partition coefficient (Wildman–Crippen LogP) is 6.33. The molecule has 0 unspecified atom stereocenters. The van der Waals surface area contributed by atoms with Gasteiger partial charge in [-0.05, 0) is 23.8 Å². The lowest BCUT2D eigenvalue weighted by Crippen LogP contribution is -1.97. The molecular weight excluding hydrogens is 372 g/mol. The average Bonchev–Trinajstić information content (AvgIpc) is 2.66. The van der Waals surface area contributed by atoms with Crippen LogP contribution in [-0.4, -0.2) is 9.97 Å². The molecule has 3 rings (SSSR count). The first kappa shape index (κ1) is 17.1. The van der Waals surface area contributed by atoms with Crippen LogP contribution in [0.4, 0.5) is 0 Å². The fourth-order valence-electron chi connectivity index (χ4n) is 2.49. The van der Waals surface area contributed by atoms with Crippen molar-refractivity contribution in [3.05, 3.63) is 102 Å². The van der Waals surface area contributed by atoms with E-state index in [2.05, 4.69) is 29.1 Å². The van der Waals surface area contributed by atoms with Gasteiger partial charge >= 0.3 is 0 Å². The molecule has 3 aromatic rings. The first-order chi connectivity index (χ1) is 12.2. The Morgan fingerprint density at radius 3 is 2.32 bits per heavy atom. The molecule has 0 aliphatic rings. The minimum atomic E-state index is 0.675. The number of aromatic nitrogens is 2. The van der Waals surface area contributed by atoms with Crippen LogP contribution in [0.25, 0.3) is 28.2 Å². The summed E-state index contributed by atoms with van der Waals surface area (Å²) in [7, 11) is 0. The van der Waals surface area contributed by atoms with E-state index in [9.17, 15) is 0 Å². The van der Waals surface area contributed by atoms with Gasteiger partial charge in [-0.2, -0.15) is 0 Å². The molecule has 0 atom stereocenters. The van der Waals surface area contributed by atoms with Crippen molar-refractivity contribution in [3.63, 3.8) is 0 Å². The molecule has 1 heterocycles. The van der Waals surface area contributed by atoms with Crippen LogP contribution in [0.5, 0.6) is 0 Å². The van der Waals surface area contributed by atoms with Gasteiger partial charge in [-0.25, -0.2) is 9.97 Å². The first-order valence-corrected chi connectivity index (χ1v) is 8.66. The van der Waals surface area contributed by atoms with Gasteiger partial charge in [-0.15, -0.1) is 0 Å². The van der Waals surface area contributed by atoms with Gasteiger partial charge in [0.15, 0.2) is 5.82 Å². The summed E-state index contributed by atoms with van der Waals surface area (Å²) in [6, 6.07) is 20.0. The van der Waals surface area contributed by atoms with E-state index < -0.39 is 0 Å². The Bertz CT molecular complexity index is 943. The van der Waals surface area contributed by atoms with Gasteiger partial charge in [-0.3, -0.25) is 0 Å². The molecular formula is C22H17BrN2. The zero-order chi connectivity index (χ0) is 17.6. The summed E-state index contributed by atoms with van der Waals surface area (Å²) < 4.78 is 0.992. The van der Waals surface area contributed by atoms with Gasteiger partial charge in [0.2, 0.25) is 0 Å². The average molecular weight is 389 g/mol. The van der Waals surface area contributed by atoms with Crippen molar-refractivity contribution < 1.29 is 0 Å². The Morgan fingerprint density at radius 2 is 1.64 bits per heavy atom. The van der Waals surface area contributed by atoms with Gasteiger partial charge < -0.3 is 0 Å². The molecule has 0 spiro atoms. The number of hydrogen-bond donors (Lipinski definition) is 0. The van der Waals surface area contributed by atoms with Crippen molar-refractivity contribution in [1.29, 1.82) is 0 Å². The van der Waals surface area contributed by atoms with Crippen molar-refractivity contribution in [3.8, 4) is 22.6 Å². The molecule has 0 fully saturated rings. The van der Waals surface area contributed by atoms with Crippen LogP contribution in [0.15, 0.2) is 96.5 Å². The van der Waals surface area contributed by atoms with Gasteiger partial charge in [0.05, 0.1) is 11.4 Å². The number of nitrogens with zero attached hydrogens (tertiary/aromatic N) is 2. The van der Waals surface area contributed by atoms with Crippen molar-refractivity contribution in [2.24, 2.45) is 0 Å². The van der Waals surface area contributed by atoms with Crippen LogP contribution >= 0.6 is 15.9 Å². The molecule has 122 valence electrons. The van der Waals surface area contributed by atoms with Crippen molar-refractivity contribution in [2.75, 3.05) is 0 Å². The van der Waals surface area contributed by atoms with Gasteiger partial charge in [0.1, 0.15) is 0 Å². The Morgan fingerprint density at radius 1 is 0.880 bits per heavy atom. The molecule has 0 amide bonds. The van der Waals surface area contributed by atoms with E-state index in [0.717, 1.165) is 32.6 Å².